The Hall–Kier alpha value is -3.60. The zero-order valence-corrected chi connectivity index (χ0v) is 16.9. The first-order valence-corrected chi connectivity index (χ1v) is 9.91. The topological polar surface area (TPSA) is 75.6 Å². The van der Waals surface area contributed by atoms with Crippen LogP contribution in [0.1, 0.15) is 39.9 Å². The largest absolute Gasteiger partial charge is 0.508 e. The standard InChI is InChI=1S/C25H25NO4/c1-18(17-30-25(29)26-15-14-19-10-12-23(27)13-11-19)21-8-5-9-22(16-21)24(28)20-6-3-2-4-7-20/h2-13,16,18,27H,14-15,17H2,1H3,(H,26,29)/t18-/m1/s1. The maximum absolute atomic E-state index is 12.6. The average Bonchev–Trinajstić information content (AvgIpc) is 2.79. The molecule has 0 aliphatic carbocycles. The highest BCUT2D eigenvalue weighted by Crippen LogP contribution is 2.19. The first-order valence-electron chi connectivity index (χ1n) is 9.91. The molecule has 2 N–H and O–H groups in total. The average molecular weight is 403 g/mol. The van der Waals surface area contributed by atoms with Gasteiger partial charge in [0.05, 0.1) is 6.61 Å². The molecule has 5 nitrogen and oxygen atoms in total. The lowest BCUT2D eigenvalue weighted by molar-refractivity contribution is 0.103. The molecule has 1 atom stereocenters. The summed E-state index contributed by atoms with van der Waals surface area (Å²) in [5.74, 6) is 0.142. The minimum atomic E-state index is -0.475. The van der Waals surface area contributed by atoms with Gasteiger partial charge in [0.25, 0.3) is 0 Å². The molecule has 0 saturated heterocycles. The third-order valence-corrected chi connectivity index (χ3v) is 4.84. The van der Waals surface area contributed by atoms with E-state index >= 15 is 0 Å². The number of hydrogen-bond donors (Lipinski definition) is 2. The Kier molecular flexibility index (Phi) is 7.22. The van der Waals surface area contributed by atoms with Gasteiger partial charge in [0.2, 0.25) is 0 Å². The third kappa shape index (κ3) is 5.95. The number of nitrogens with one attached hydrogen (secondary N) is 1. The zero-order chi connectivity index (χ0) is 21.3. The predicted octanol–water partition coefficient (Wildman–Crippen LogP) is 4.70. The smallest absolute Gasteiger partial charge is 0.407 e. The van der Waals surface area contributed by atoms with Crippen LogP contribution in [0.4, 0.5) is 4.79 Å². The van der Waals surface area contributed by atoms with Crippen LogP contribution in [0, 0.1) is 0 Å². The molecule has 0 bridgehead atoms. The summed E-state index contributed by atoms with van der Waals surface area (Å²) in [6.07, 6.45) is 0.173. The first kappa shape index (κ1) is 21.1. The fourth-order valence-corrected chi connectivity index (χ4v) is 3.06. The molecule has 3 rings (SSSR count). The van der Waals surface area contributed by atoms with E-state index in [2.05, 4.69) is 5.32 Å². The Balaban J connectivity index is 1.48. The number of benzene rings is 3. The first-order chi connectivity index (χ1) is 14.5. The van der Waals surface area contributed by atoms with Gasteiger partial charge in [-0.05, 0) is 35.7 Å². The molecule has 5 heteroatoms. The maximum Gasteiger partial charge on any atom is 0.407 e. The van der Waals surface area contributed by atoms with Crippen molar-refractivity contribution >= 4 is 11.9 Å². The quantitative estimate of drug-likeness (QED) is 0.535. The number of rotatable bonds is 8. The van der Waals surface area contributed by atoms with Crippen molar-refractivity contribution in [3.63, 3.8) is 0 Å². The van der Waals surface area contributed by atoms with Crippen molar-refractivity contribution in [3.05, 3.63) is 101 Å². The van der Waals surface area contributed by atoms with Gasteiger partial charge in [0.15, 0.2) is 5.78 Å². The number of hydrogen-bond acceptors (Lipinski definition) is 4. The van der Waals surface area contributed by atoms with E-state index in [0.717, 1.165) is 11.1 Å². The van der Waals surface area contributed by atoms with Crippen molar-refractivity contribution < 1.29 is 19.4 Å². The summed E-state index contributed by atoms with van der Waals surface area (Å²) < 4.78 is 5.33. The van der Waals surface area contributed by atoms with Gasteiger partial charge >= 0.3 is 6.09 Å². The summed E-state index contributed by atoms with van der Waals surface area (Å²) in [6, 6.07) is 23.4. The summed E-state index contributed by atoms with van der Waals surface area (Å²) in [5.41, 5.74) is 3.21. The lowest BCUT2D eigenvalue weighted by Gasteiger charge is -2.14. The zero-order valence-electron chi connectivity index (χ0n) is 16.9. The number of aromatic hydroxyl groups is 1. The van der Waals surface area contributed by atoms with Crippen LogP contribution in [0.25, 0.3) is 0 Å². The third-order valence-electron chi connectivity index (χ3n) is 4.84. The highest BCUT2D eigenvalue weighted by molar-refractivity contribution is 6.09. The number of amides is 1. The van der Waals surface area contributed by atoms with Gasteiger partial charge in [-0.25, -0.2) is 4.79 Å². The normalized spacial score (nSPS) is 11.5. The van der Waals surface area contributed by atoms with Gasteiger partial charge < -0.3 is 15.2 Å². The Morgan fingerprint density at radius 3 is 2.37 bits per heavy atom. The van der Waals surface area contributed by atoms with E-state index in [-0.39, 0.29) is 24.1 Å². The number of phenolic OH excluding ortho intramolecular Hbond substituents is 1. The molecule has 30 heavy (non-hydrogen) atoms. The van der Waals surface area contributed by atoms with Crippen molar-refractivity contribution in [2.75, 3.05) is 13.2 Å². The van der Waals surface area contributed by atoms with Crippen LogP contribution in [-0.2, 0) is 11.2 Å². The van der Waals surface area contributed by atoms with Gasteiger partial charge in [-0.3, -0.25) is 4.79 Å². The van der Waals surface area contributed by atoms with Crippen molar-refractivity contribution in [2.45, 2.75) is 19.3 Å². The lowest BCUT2D eigenvalue weighted by Crippen LogP contribution is -2.27. The summed E-state index contributed by atoms with van der Waals surface area (Å²) in [4.78, 5) is 24.6. The van der Waals surface area contributed by atoms with E-state index < -0.39 is 6.09 Å². The molecular weight excluding hydrogens is 378 g/mol. The summed E-state index contributed by atoms with van der Waals surface area (Å²) in [7, 11) is 0. The van der Waals surface area contributed by atoms with E-state index in [1.807, 2.05) is 55.5 Å². The van der Waals surface area contributed by atoms with Crippen molar-refractivity contribution in [1.82, 2.24) is 5.32 Å². The molecule has 0 saturated carbocycles. The molecule has 0 aliphatic rings. The molecule has 0 fully saturated rings. The van der Waals surface area contributed by atoms with Crippen LogP contribution in [0.5, 0.6) is 5.75 Å². The van der Waals surface area contributed by atoms with Gasteiger partial charge in [-0.15, -0.1) is 0 Å². The molecule has 3 aromatic rings. The fourth-order valence-electron chi connectivity index (χ4n) is 3.06. The number of carbonyl (C=O) groups is 2. The highest BCUT2D eigenvalue weighted by atomic mass is 16.5. The predicted molar refractivity (Wildman–Crippen MR) is 116 cm³/mol. The summed E-state index contributed by atoms with van der Waals surface area (Å²) in [6.45, 7) is 2.61. The van der Waals surface area contributed by atoms with Gasteiger partial charge in [-0.2, -0.15) is 0 Å². The van der Waals surface area contributed by atoms with E-state index in [9.17, 15) is 14.7 Å². The van der Waals surface area contributed by atoms with Crippen molar-refractivity contribution in [1.29, 1.82) is 0 Å². The Bertz CT molecular complexity index is 984. The minimum absolute atomic E-state index is 0.0301. The van der Waals surface area contributed by atoms with Crippen LogP contribution in [0.2, 0.25) is 0 Å². The number of phenols is 1. The number of alkyl carbamates (subject to hydrolysis) is 1. The fraction of sp³-hybridized carbons (Fsp3) is 0.200. The molecule has 0 unspecified atom stereocenters. The van der Waals surface area contributed by atoms with Gasteiger partial charge in [0.1, 0.15) is 5.75 Å². The van der Waals surface area contributed by atoms with Crippen LogP contribution in [0.3, 0.4) is 0 Å². The number of ketones is 1. The molecular formula is C25H25NO4. The van der Waals surface area contributed by atoms with E-state index in [0.29, 0.717) is 24.1 Å². The number of carbonyl (C=O) groups excluding carboxylic acids is 2. The second kappa shape index (κ2) is 10.3. The Labute approximate surface area is 176 Å². The second-order valence-corrected chi connectivity index (χ2v) is 7.16. The van der Waals surface area contributed by atoms with Crippen molar-refractivity contribution in [2.24, 2.45) is 0 Å². The molecule has 1 amide bonds. The summed E-state index contributed by atoms with van der Waals surface area (Å²) >= 11 is 0. The lowest BCUT2D eigenvalue weighted by atomic mass is 9.96. The van der Waals surface area contributed by atoms with Crippen LogP contribution in [0.15, 0.2) is 78.9 Å². The molecule has 0 spiro atoms. The highest BCUT2D eigenvalue weighted by Gasteiger charge is 2.13. The molecule has 0 radical (unpaired) electrons. The Morgan fingerprint density at radius 1 is 0.933 bits per heavy atom. The van der Waals surface area contributed by atoms with Gasteiger partial charge in [0, 0.05) is 23.6 Å². The van der Waals surface area contributed by atoms with Crippen LogP contribution < -0.4 is 5.32 Å². The SMILES string of the molecule is C[C@H](COC(=O)NCCc1ccc(O)cc1)c1cccc(C(=O)c2ccccc2)c1. The second-order valence-electron chi connectivity index (χ2n) is 7.16. The molecule has 3 aromatic carbocycles. The summed E-state index contributed by atoms with van der Waals surface area (Å²) in [5, 5.41) is 12.0. The van der Waals surface area contributed by atoms with E-state index in [4.69, 9.17) is 4.74 Å². The molecule has 0 heterocycles. The molecule has 0 aromatic heterocycles. The van der Waals surface area contributed by atoms with Crippen molar-refractivity contribution in [3.8, 4) is 5.75 Å². The van der Waals surface area contributed by atoms with E-state index in [1.54, 1.807) is 30.3 Å². The Morgan fingerprint density at radius 2 is 1.63 bits per heavy atom. The monoisotopic (exact) mass is 403 g/mol. The van der Waals surface area contributed by atoms with E-state index in [1.165, 1.54) is 0 Å². The van der Waals surface area contributed by atoms with Gasteiger partial charge in [-0.1, -0.05) is 67.6 Å². The number of ether oxygens (including phenoxy) is 1. The maximum atomic E-state index is 12.6. The van der Waals surface area contributed by atoms with Crippen LogP contribution >= 0.6 is 0 Å². The molecule has 0 aliphatic heterocycles. The van der Waals surface area contributed by atoms with Crippen LogP contribution in [-0.4, -0.2) is 30.1 Å². The molecule has 154 valence electrons. The minimum Gasteiger partial charge on any atom is -0.508 e.